The van der Waals surface area contributed by atoms with Gasteiger partial charge in [-0.1, -0.05) is 42.9 Å². The van der Waals surface area contributed by atoms with Crippen molar-refractivity contribution in [1.29, 1.82) is 0 Å². The molecule has 0 radical (unpaired) electrons. The number of carbonyl (C=O) groups excluding carboxylic acids is 2. The summed E-state index contributed by atoms with van der Waals surface area (Å²) in [6, 6.07) is 12.9. The predicted octanol–water partition coefficient (Wildman–Crippen LogP) is 2.43. The van der Waals surface area contributed by atoms with Gasteiger partial charge in [0.15, 0.2) is 0 Å². The van der Waals surface area contributed by atoms with E-state index in [9.17, 15) is 14.7 Å². The van der Waals surface area contributed by atoms with Crippen molar-refractivity contribution in [1.82, 2.24) is 14.8 Å². The number of amides is 2. The van der Waals surface area contributed by atoms with Crippen LogP contribution in [0.25, 0.3) is 0 Å². The van der Waals surface area contributed by atoms with Gasteiger partial charge in [0.25, 0.3) is 5.91 Å². The van der Waals surface area contributed by atoms with Crippen LogP contribution in [-0.2, 0) is 4.79 Å². The maximum atomic E-state index is 12.9. The van der Waals surface area contributed by atoms with E-state index in [0.717, 1.165) is 11.1 Å². The van der Waals surface area contributed by atoms with Crippen molar-refractivity contribution in [2.24, 2.45) is 5.92 Å². The predicted molar refractivity (Wildman–Crippen MR) is 120 cm³/mol. The normalized spacial score (nSPS) is 25.0. The van der Waals surface area contributed by atoms with Gasteiger partial charge in [0.05, 0.1) is 18.7 Å². The summed E-state index contributed by atoms with van der Waals surface area (Å²) >= 11 is 0. The second kappa shape index (κ2) is 8.76. The number of nitrogens with zero attached hydrogens (tertiary/aromatic N) is 3. The van der Waals surface area contributed by atoms with Crippen LogP contribution in [0, 0.1) is 17.8 Å². The van der Waals surface area contributed by atoms with E-state index < -0.39 is 0 Å². The van der Waals surface area contributed by atoms with Gasteiger partial charge in [-0.15, -0.1) is 0 Å². The van der Waals surface area contributed by atoms with Crippen molar-refractivity contribution >= 4 is 11.8 Å². The third-order valence-electron chi connectivity index (χ3n) is 6.99. The maximum Gasteiger partial charge on any atom is 0.272 e. The minimum atomic E-state index is -0.255. The molecule has 2 aliphatic heterocycles. The largest absolute Gasteiger partial charge is 0.394 e. The first kappa shape index (κ1) is 20.7. The molecule has 1 aliphatic carbocycles. The summed E-state index contributed by atoms with van der Waals surface area (Å²) < 4.78 is 0. The monoisotopic (exact) mass is 429 g/mol. The van der Waals surface area contributed by atoms with Crippen LogP contribution in [-0.4, -0.2) is 63.5 Å². The van der Waals surface area contributed by atoms with E-state index in [1.165, 1.54) is 25.7 Å². The van der Waals surface area contributed by atoms with Gasteiger partial charge in [-0.2, -0.15) is 0 Å². The molecule has 3 aliphatic rings. The van der Waals surface area contributed by atoms with Crippen LogP contribution < -0.4 is 0 Å². The van der Waals surface area contributed by atoms with Gasteiger partial charge in [-0.25, -0.2) is 0 Å². The summed E-state index contributed by atoms with van der Waals surface area (Å²) in [6.07, 6.45) is 6.53. The molecule has 6 heteroatoms. The molecule has 2 aromatic rings. The van der Waals surface area contributed by atoms with E-state index >= 15 is 0 Å². The lowest BCUT2D eigenvalue weighted by atomic mass is 9.73. The van der Waals surface area contributed by atoms with Crippen molar-refractivity contribution in [3.05, 3.63) is 65.5 Å². The van der Waals surface area contributed by atoms with Crippen LogP contribution in [0.2, 0.25) is 0 Å². The van der Waals surface area contributed by atoms with Crippen molar-refractivity contribution in [2.75, 3.05) is 19.7 Å². The summed E-state index contributed by atoms with van der Waals surface area (Å²) in [6.45, 7) is 0.362. The third kappa shape index (κ3) is 3.78. The minimum absolute atomic E-state index is 0.0138. The van der Waals surface area contributed by atoms with E-state index in [0.29, 0.717) is 18.2 Å². The Labute approximate surface area is 188 Å². The second-order valence-electron chi connectivity index (χ2n) is 8.92. The number of hydrogen-bond donors (Lipinski definition) is 1. The fourth-order valence-corrected chi connectivity index (χ4v) is 5.35. The van der Waals surface area contributed by atoms with Crippen molar-refractivity contribution < 1.29 is 14.7 Å². The standard InChI is InChI=1S/C26H27N3O3/c30-17-23-25(20-12-10-19(11-13-20)9-8-18-5-1-2-6-18)22-15-28(16-24(31)29(22)23)26(32)21-7-3-4-14-27-21/h3-4,7,10-14,18,22-23,25,30H,1-2,5-6,15-17H2/t22-,23+,25+/m0/s1. The molecule has 0 bridgehead atoms. The van der Waals surface area contributed by atoms with Crippen molar-refractivity contribution in [3.8, 4) is 11.8 Å². The van der Waals surface area contributed by atoms with Gasteiger partial charge >= 0.3 is 0 Å². The number of benzene rings is 1. The summed E-state index contributed by atoms with van der Waals surface area (Å²) in [5, 5.41) is 9.98. The lowest BCUT2D eigenvalue weighted by Gasteiger charge is -2.58. The minimum Gasteiger partial charge on any atom is -0.394 e. The molecule has 1 saturated carbocycles. The molecule has 3 heterocycles. The molecular weight excluding hydrogens is 402 g/mol. The van der Waals surface area contributed by atoms with E-state index in [1.54, 1.807) is 34.2 Å². The number of carbonyl (C=O) groups is 2. The quantitative estimate of drug-likeness (QED) is 0.761. The summed E-state index contributed by atoms with van der Waals surface area (Å²) in [5.41, 5.74) is 2.40. The highest BCUT2D eigenvalue weighted by atomic mass is 16.3. The first-order valence-electron chi connectivity index (χ1n) is 11.4. The summed E-state index contributed by atoms with van der Waals surface area (Å²) in [7, 11) is 0. The zero-order valence-electron chi connectivity index (χ0n) is 18.0. The highest BCUT2D eigenvalue weighted by Crippen LogP contribution is 2.43. The highest BCUT2D eigenvalue weighted by molar-refractivity contribution is 5.96. The molecule has 5 rings (SSSR count). The van der Waals surface area contributed by atoms with Crippen LogP contribution >= 0.6 is 0 Å². The average Bonchev–Trinajstić information content (AvgIpc) is 3.33. The van der Waals surface area contributed by atoms with Crippen LogP contribution in [0.4, 0.5) is 0 Å². The molecule has 1 N–H and O–H groups in total. The molecule has 1 aromatic heterocycles. The summed E-state index contributed by atoms with van der Waals surface area (Å²) in [4.78, 5) is 33.1. The number of fused-ring (bicyclic) bond motifs is 1. The zero-order chi connectivity index (χ0) is 22.1. The number of aliphatic hydroxyl groups is 1. The number of rotatable bonds is 3. The third-order valence-corrected chi connectivity index (χ3v) is 6.99. The smallest absolute Gasteiger partial charge is 0.272 e. The number of pyridine rings is 1. The van der Waals surface area contributed by atoms with E-state index in [-0.39, 0.29) is 43.0 Å². The molecule has 1 aromatic carbocycles. The SMILES string of the molecule is O=C(c1ccccn1)N1CC(=O)N2[C@H](CO)[C@H](c3ccc(C#CC4CCCC4)cc3)[C@@H]2C1. The van der Waals surface area contributed by atoms with E-state index in [1.807, 2.05) is 24.3 Å². The van der Waals surface area contributed by atoms with Gasteiger partial charge in [-0.3, -0.25) is 14.6 Å². The number of hydrogen-bond acceptors (Lipinski definition) is 4. The second-order valence-corrected chi connectivity index (χ2v) is 8.92. The van der Waals surface area contributed by atoms with Crippen molar-refractivity contribution in [3.63, 3.8) is 0 Å². The molecule has 6 nitrogen and oxygen atoms in total. The Bertz CT molecular complexity index is 1050. The first-order valence-corrected chi connectivity index (χ1v) is 11.4. The molecule has 0 spiro atoms. The van der Waals surface area contributed by atoms with Gasteiger partial charge in [0.1, 0.15) is 12.2 Å². The molecular formula is C26H27N3O3. The van der Waals surface area contributed by atoms with Gasteiger partial charge in [-0.05, 0) is 42.7 Å². The van der Waals surface area contributed by atoms with Crippen molar-refractivity contribution in [2.45, 2.75) is 43.7 Å². The topological polar surface area (TPSA) is 73.7 Å². The number of aromatic nitrogens is 1. The maximum absolute atomic E-state index is 12.9. The van der Waals surface area contributed by atoms with Gasteiger partial charge in [0.2, 0.25) is 5.91 Å². The Hall–Kier alpha value is -3.17. The Morgan fingerprint density at radius 2 is 1.91 bits per heavy atom. The Balaban J connectivity index is 1.33. The average molecular weight is 430 g/mol. The van der Waals surface area contributed by atoms with Crippen LogP contribution in [0.1, 0.15) is 53.2 Å². The van der Waals surface area contributed by atoms with Gasteiger partial charge in [0, 0.05) is 30.1 Å². The fourth-order valence-electron chi connectivity index (χ4n) is 5.35. The first-order chi connectivity index (χ1) is 15.7. The molecule has 164 valence electrons. The molecule has 3 atom stereocenters. The number of aliphatic hydroxyl groups excluding tert-OH is 1. The fraction of sp³-hybridized carbons (Fsp3) is 0.423. The molecule has 32 heavy (non-hydrogen) atoms. The lowest BCUT2D eigenvalue weighted by Crippen LogP contribution is -2.73. The van der Waals surface area contributed by atoms with Crippen LogP contribution in [0.5, 0.6) is 0 Å². The molecule has 3 fully saturated rings. The van der Waals surface area contributed by atoms with Crippen LogP contribution in [0.3, 0.4) is 0 Å². The summed E-state index contributed by atoms with van der Waals surface area (Å²) in [5.74, 6) is 6.83. The van der Waals surface area contributed by atoms with Gasteiger partial charge < -0.3 is 14.9 Å². The van der Waals surface area contributed by atoms with E-state index in [4.69, 9.17) is 0 Å². The lowest BCUT2D eigenvalue weighted by molar-refractivity contribution is -0.159. The Morgan fingerprint density at radius 1 is 1.12 bits per heavy atom. The molecule has 2 amide bonds. The van der Waals surface area contributed by atoms with E-state index in [2.05, 4.69) is 16.8 Å². The Morgan fingerprint density at radius 3 is 2.59 bits per heavy atom. The zero-order valence-corrected chi connectivity index (χ0v) is 18.0. The molecule has 2 saturated heterocycles. The Kier molecular flexibility index (Phi) is 5.67. The number of piperazine rings is 1. The van der Waals surface area contributed by atoms with Crippen LogP contribution in [0.15, 0.2) is 48.7 Å². The molecule has 0 unspecified atom stereocenters. The highest BCUT2D eigenvalue weighted by Gasteiger charge is 2.54.